The zero-order valence-electron chi connectivity index (χ0n) is 35.2. The number of nitrogens with zero attached hydrogens (tertiary/aromatic N) is 1. The van der Waals surface area contributed by atoms with Gasteiger partial charge in [-0.15, -0.1) is 0 Å². The number of rotatable bonds is 39. The van der Waals surface area contributed by atoms with E-state index in [0.29, 0.717) is 23.9 Å². The first kappa shape index (κ1) is 51.7. The summed E-state index contributed by atoms with van der Waals surface area (Å²) in [5.41, 5.74) is 0. The van der Waals surface area contributed by atoms with Crippen LogP contribution in [-0.4, -0.2) is 68.5 Å². The molecule has 312 valence electrons. The van der Waals surface area contributed by atoms with Crippen molar-refractivity contribution in [1.82, 2.24) is 5.32 Å². The Hall–Kier alpha value is -1.28. The van der Waals surface area contributed by atoms with E-state index in [1.807, 2.05) is 34.1 Å². The van der Waals surface area contributed by atoms with Gasteiger partial charge in [0.25, 0.3) is 7.82 Å². The Morgan fingerprint density at radius 1 is 0.642 bits per heavy atom. The largest absolute Gasteiger partial charge is 0.756 e. The number of phosphoric acid groups is 1. The first-order valence-electron chi connectivity index (χ1n) is 21.9. The number of nitrogens with one attached hydrogen (secondary N) is 1. The minimum atomic E-state index is -4.57. The molecule has 0 fully saturated rings. The first-order chi connectivity index (χ1) is 25.5. The fraction of sp³-hybridized carbons (Fsp3) is 0.841. The number of amides is 1. The smallest absolute Gasteiger partial charge is 0.268 e. The van der Waals surface area contributed by atoms with Crippen molar-refractivity contribution < 1.29 is 32.9 Å². The SMILES string of the molecule is CCCCCCCCCCCCCCCCCCCCC/C=C/CC/C=C/CC/C=C/C(O)C(COP(=O)([O-])OCC[N+](C)(C)C)NC(=O)CCCC. The third-order valence-electron chi connectivity index (χ3n) is 9.58. The van der Waals surface area contributed by atoms with Crippen LogP contribution in [0.2, 0.25) is 0 Å². The van der Waals surface area contributed by atoms with Crippen LogP contribution in [0.15, 0.2) is 36.5 Å². The average molecular weight is 769 g/mol. The Morgan fingerprint density at radius 2 is 1.06 bits per heavy atom. The van der Waals surface area contributed by atoms with Crippen LogP contribution in [0.1, 0.15) is 187 Å². The zero-order valence-corrected chi connectivity index (χ0v) is 36.1. The van der Waals surface area contributed by atoms with Gasteiger partial charge >= 0.3 is 0 Å². The highest BCUT2D eigenvalue weighted by molar-refractivity contribution is 7.45. The van der Waals surface area contributed by atoms with Gasteiger partial charge in [-0.3, -0.25) is 9.36 Å². The van der Waals surface area contributed by atoms with Gasteiger partial charge in [0.1, 0.15) is 13.2 Å². The number of allylic oxidation sites excluding steroid dienone is 5. The Bertz CT molecular complexity index is 964. The molecule has 3 atom stereocenters. The van der Waals surface area contributed by atoms with Crippen LogP contribution < -0.4 is 10.2 Å². The summed E-state index contributed by atoms with van der Waals surface area (Å²) in [7, 11) is 1.23. The van der Waals surface area contributed by atoms with E-state index in [0.717, 1.165) is 32.1 Å². The van der Waals surface area contributed by atoms with Gasteiger partial charge in [0.05, 0.1) is 39.9 Å². The summed E-state index contributed by atoms with van der Waals surface area (Å²) in [5, 5.41) is 13.4. The number of likely N-dealkylation sites (N-methyl/N-ethyl adjacent to an activating group) is 1. The van der Waals surface area contributed by atoms with Crippen LogP contribution >= 0.6 is 7.82 Å². The average Bonchev–Trinajstić information content (AvgIpc) is 3.11. The Kier molecular flexibility index (Phi) is 35.5. The summed E-state index contributed by atoms with van der Waals surface area (Å²) < 4.78 is 22.8. The topological polar surface area (TPSA) is 108 Å². The van der Waals surface area contributed by atoms with Gasteiger partial charge in [0, 0.05) is 6.42 Å². The Morgan fingerprint density at radius 3 is 1.51 bits per heavy atom. The number of unbranched alkanes of at least 4 members (excludes halogenated alkanes) is 22. The molecule has 53 heavy (non-hydrogen) atoms. The van der Waals surface area contributed by atoms with E-state index >= 15 is 0 Å². The molecule has 0 aliphatic heterocycles. The molecule has 0 radical (unpaired) electrons. The number of hydrogen-bond donors (Lipinski definition) is 2. The van der Waals surface area contributed by atoms with Gasteiger partial charge in [-0.05, 0) is 44.9 Å². The van der Waals surface area contributed by atoms with Gasteiger partial charge in [-0.2, -0.15) is 0 Å². The van der Waals surface area contributed by atoms with Crippen LogP contribution in [-0.2, 0) is 18.4 Å². The molecule has 8 nitrogen and oxygen atoms in total. The predicted octanol–water partition coefficient (Wildman–Crippen LogP) is 11.3. The summed E-state index contributed by atoms with van der Waals surface area (Å²) in [5.74, 6) is -0.248. The monoisotopic (exact) mass is 769 g/mol. The summed E-state index contributed by atoms with van der Waals surface area (Å²) >= 11 is 0. The van der Waals surface area contributed by atoms with Crippen LogP contribution in [0.3, 0.4) is 0 Å². The molecule has 0 bridgehead atoms. The molecule has 0 aromatic heterocycles. The first-order valence-corrected chi connectivity index (χ1v) is 23.3. The number of quaternary nitrogens is 1. The maximum Gasteiger partial charge on any atom is 0.268 e. The molecule has 0 aliphatic rings. The standard InChI is InChI=1S/C44H85N2O6P/c1-6-8-10-11-12-13-14-15-16-17-18-19-20-21-22-23-24-25-26-27-28-29-30-31-32-33-34-35-36-37-43(47)42(45-44(48)38-9-7-2)41-52-53(49,50)51-40-39-46(3,4)5/h28-29,32-33,36-37,42-43,47H,6-27,30-31,34-35,38-41H2,1-5H3,(H-,45,48,49,50)/b29-28+,33-32+,37-36+. The predicted molar refractivity (Wildman–Crippen MR) is 224 cm³/mol. The lowest BCUT2D eigenvalue weighted by Crippen LogP contribution is -2.45. The number of aliphatic hydroxyl groups is 1. The van der Waals surface area contributed by atoms with Crippen LogP contribution in [0, 0.1) is 0 Å². The van der Waals surface area contributed by atoms with Gasteiger partial charge < -0.3 is 28.8 Å². The van der Waals surface area contributed by atoms with E-state index in [-0.39, 0.29) is 12.5 Å². The highest BCUT2D eigenvalue weighted by Crippen LogP contribution is 2.38. The molecule has 0 saturated heterocycles. The minimum absolute atomic E-state index is 0.0102. The summed E-state index contributed by atoms with van der Waals surface area (Å²) in [6.07, 6.45) is 44.9. The van der Waals surface area contributed by atoms with E-state index < -0.39 is 26.6 Å². The Balaban J connectivity index is 3.94. The minimum Gasteiger partial charge on any atom is -0.756 e. The van der Waals surface area contributed by atoms with E-state index in [9.17, 15) is 19.4 Å². The van der Waals surface area contributed by atoms with Crippen LogP contribution in [0.25, 0.3) is 0 Å². The maximum absolute atomic E-state index is 12.3. The molecule has 0 aromatic carbocycles. The summed E-state index contributed by atoms with van der Waals surface area (Å²) in [6, 6.07) is -0.902. The number of hydrogen-bond acceptors (Lipinski definition) is 6. The lowest BCUT2D eigenvalue weighted by molar-refractivity contribution is -0.870. The van der Waals surface area contributed by atoms with Crippen molar-refractivity contribution in [2.24, 2.45) is 0 Å². The molecule has 2 N–H and O–H groups in total. The molecule has 9 heteroatoms. The van der Waals surface area contributed by atoms with Crippen LogP contribution in [0.4, 0.5) is 0 Å². The lowest BCUT2D eigenvalue weighted by atomic mass is 10.0. The highest BCUT2D eigenvalue weighted by atomic mass is 31.2. The molecule has 0 rings (SSSR count). The van der Waals surface area contributed by atoms with E-state index in [4.69, 9.17) is 9.05 Å². The van der Waals surface area contributed by atoms with Crippen molar-refractivity contribution in [3.05, 3.63) is 36.5 Å². The fourth-order valence-corrected chi connectivity index (χ4v) is 6.77. The third kappa shape index (κ3) is 38.8. The maximum atomic E-state index is 12.3. The summed E-state index contributed by atoms with van der Waals surface area (Å²) in [4.78, 5) is 24.6. The number of carbonyl (C=O) groups excluding carboxylic acids is 1. The molecule has 0 saturated carbocycles. The second-order valence-electron chi connectivity index (χ2n) is 16.0. The number of aliphatic hydroxyl groups excluding tert-OH is 1. The molecule has 1 amide bonds. The van der Waals surface area contributed by atoms with E-state index in [1.165, 1.54) is 128 Å². The van der Waals surface area contributed by atoms with Crippen molar-refractivity contribution in [3.8, 4) is 0 Å². The normalized spacial score (nSPS) is 14.8. The second kappa shape index (κ2) is 36.4. The zero-order chi connectivity index (χ0) is 39.3. The van der Waals surface area contributed by atoms with Crippen molar-refractivity contribution in [2.45, 2.75) is 199 Å². The molecular weight excluding hydrogens is 683 g/mol. The van der Waals surface area contributed by atoms with Crippen molar-refractivity contribution >= 4 is 13.7 Å². The number of carbonyl (C=O) groups is 1. The van der Waals surface area contributed by atoms with E-state index in [2.05, 4.69) is 36.5 Å². The number of phosphoric ester groups is 1. The Labute approximate surface area is 327 Å². The van der Waals surface area contributed by atoms with Gasteiger partial charge in [-0.1, -0.05) is 172 Å². The van der Waals surface area contributed by atoms with Gasteiger partial charge in [0.15, 0.2) is 0 Å². The van der Waals surface area contributed by atoms with Gasteiger partial charge in [-0.25, -0.2) is 0 Å². The quantitative estimate of drug-likeness (QED) is 0.0279. The van der Waals surface area contributed by atoms with Crippen molar-refractivity contribution in [2.75, 3.05) is 40.9 Å². The van der Waals surface area contributed by atoms with Crippen LogP contribution in [0.5, 0.6) is 0 Å². The van der Waals surface area contributed by atoms with E-state index in [1.54, 1.807) is 6.08 Å². The lowest BCUT2D eigenvalue weighted by Gasteiger charge is -2.29. The molecular formula is C44H85N2O6P. The van der Waals surface area contributed by atoms with Gasteiger partial charge in [0.2, 0.25) is 5.91 Å². The highest BCUT2D eigenvalue weighted by Gasteiger charge is 2.23. The molecule has 0 heterocycles. The molecule has 0 aromatic rings. The molecule has 3 unspecified atom stereocenters. The third-order valence-corrected chi connectivity index (χ3v) is 10.5. The molecule has 0 aliphatic carbocycles. The summed E-state index contributed by atoms with van der Waals surface area (Å²) in [6.45, 7) is 4.36. The van der Waals surface area contributed by atoms with Crippen molar-refractivity contribution in [1.29, 1.82) is 0 Å². The molecule has 0 spiro atoms. The van der Waals surface area contributed by atoms with Crippen molar-refractivity contribution in [3.63, 3.8) is 0 Å². The second-order valence-corrected chi connectivity index (χ2v) is 17.4. The fourth-order valence-electron chi connectivity index (χ4n) is 6.04.